The van der Waals surface area contributed by atoms with E-state index in [1.165, 1.54) is 5.56 Å². The summed E-state index contributed by atoms with van der Waals surface area (Å²) in [5.74, 6) is 0.949. The van der Waals surface area contributed by atoms with E-state index in [0.717, 1.165) is 18.6 Å². The van der Waals surface area contributed by atoms with E-state index >= 15 is 0 Å². The van der Waals surface area contributed by atoms with Crippen LogP contribution >= 0.6 is 11.6 Å². The number of hydrogen-bond acceptors (Lipinski definition) is 1. The quantitative estimate of drug-likeness (QED) is 0.678. The van der Waals surface area contributed by atoms with Gasteiger partial charge in [-0.25, -0.2) is 0 Å². The molecular formula is C16H25ClO. The molecule has 102 valence electrons. The van der Waals surface area contributed by atoms with Crippen LogP contribution < -0.4 is 4.74 Å². The van der Waals surface area contributed by atoms with Crippen molar-refractivity contribution in [3.63, 3.8) is 0 Å². The van der Waals surface area contributed by atoms with Gasteiger partial charge in [-0.3, -0.25) is 0 Å². The van der Waals surface area contributed by atoms with Crippen molar-refractivity contribution in [3.05, 3.63) is 29.8 Å². The number of halogens is 1. The van der Waals surface area contributed by atoms with Crippen molar-refractivity contribution in [2.45, 2.75) is 58.9 Å². The molecule has 0 aromatic heterocycles. The Bertz CT molecular complexity index is 366. The smallest absolute Gasteiger partial charge is 0.119 e. The molecule has 18 heavy (non-hydrogen) atoms. The Balaban J connectivity index is 2.57. The molecule has 0 aliphatic heterocycles. The van der Waals surface area contributed by atoms with Gasteiger partial charge in [0.15, 0.2) is 0 Å². The van der Waals surface area contributed by atoms with Crippen LogP contribution in [-0.2, 0) is 6.42 Å². The summed E-state index contributed by atoms with van der Waals surface area (Å²) in [4.78, 5) is 0. The molecule has 1 atom stereocenters. The summed E-state index contributed by atoms with van der Waals surface area (Å²) < 4.78 is 5.70. The summed E-state index contributed by atoms with van der Waals surface area (Å²) in [6, 6.07) is 8.31. The normalized spacial score (nSPS) is 13.7. The highest BCUT2D eigenvalue weighted by Gasteiger charge is 2.21. The first-order valence-electron chi connectivity index (χ1n) is 6.68. The SMILES string of the molecule is CC(C)Oc1cccc(CCC(Cl)C(C)(C)C)c1. The van der Waals surface area contributed by atoms with Gasteiger partial charge in [0.1, 0.15) is 5.75 Å². The van der Waals surface area contributed by atoms with Crippen LogP contribution in [0.5, 0.6) is 5.75 Å². The van der Waals surface area contributed by atoms with Crippen molar-refractivity contribution in [3.8, 4) is 5.75 Å². The Morgan fingerprint density at radius 1 is 1.22 bits per heavy atom. The van der Waals surface area contributed by atoms with Crippen LogP contribution in [0.15, 0.2) is 24.3 Å². The molecule has 2 heteroatoms. The fourth-order valence-electron chi connectivity index (χ4n) is 1.77. The third kappa shape index (κ3) is 5.30. The van der Waals surface area contributed by atoms with Crippen molar-refractivity contribution >= 4 is 11.6 Å². The van der Waals surface area contributed by atoms with Crippen LogP contribution in [-0.4, -0.2) is 11.5 Å². The fraction of sp³-hybridized carbons (Fsp3) is 0.625. The minimum absolute atomic E-state index is 0.160. The van der Waals surface area contributed by atoms with E-state index in [2.05, 4.69) is 32.9 Å². The Labute approximate surface area is 116 Å². The molecule has 1 aromatic rings. The van der Waals surface area contributed by atoms with Gasteiger partial charge in [0.2, 0.25) is 0 Å². The average molecular weight is 269 g/mol. The number of ether oxygens (including phenoxy) is 1. The van der Waals surface area contributed by atoms with Crippen LogP contribution in [0, 0.1) is 5.41 Å². The highest BCUT2D eigenvalue weighted by molar-refractivity contribution is 6.21. The predicted molar refractivity (Wildman–Crippen MR) is 79.6 cm³/mol. The van der Waals surface area contributed by atoms with Crippen molar-refractivity contribution in [1.82, 2.24) is 0 Å². The van der Waals surface area contributed by atoms with Crippen molar-refractivity contribution in [2.24, 2.45) is 5.41 Å². The first kappa shape index (κ1) is 15.4. The molecule has 0 saturated carbocycles. The van der Waals surface area contributed by atoms with Gasteiger partial charge < -0.3 is 4.74 Å². The van der Waals surface area contributed by atoms with Gasteiger partial charge in [0.25, 0.3) is 0 Å². The number of aryl methyl sites for hydroxylation is 1. The average Bonchev–Trinajstić information content (AvgIpc) is 2.24. The summed E-state index contributed by atoms with van der Waals surface area (Å²) in [7, 11) is 0. The van der Waals surface area contributed by atoms with Crippen LogP contribution in [0.4, 0.5) is 0 Å². The van der Waals surface area contributed by atoms with E-state index in [1.807, 2.05) is 26.0 Å². The lowest BCUT2D eigenvalue weighted by atomic mass is 9.88. The Morgan fingerprint density at radius 2 is 1.89 bits per heavy atom. The lowest BCUT2D eigenvalue weighted by Crippen LogP contribution is -2.21. The van der Waals surface area contributed by atoms with Crippen molar-refractivity contribution in [2.75, 3.05) is 0 Å². The summed E-state index contributed by atoms with van der Waals surface area (Å²) in [6.45, 7) is 10.6. The van der Waals surface area contributed by atoms with Crippen molar-refractivity contribution in [1.29, 1.82) is 0 Å². The molecule has 0 aliphatic rings. The van der Waals surface area contributed by atoms with Gasteiger partial charge in [-0.1, -0.05) is 32.9 Å². The van der Waals surface area contributed by atoms with Gasteiger partial charge >= 0.3 is 0 Å². The second-order valence-electron chi connectivity index (χ2n) is 6.19. The van der Waals surface area contributed by atoms with E-state index in [0.29, 0.717) is 0 Å². The molecule has 0 bridgehead atoms. The molecule has 0 amide bonds. The third-order valence-electron chi connectivity index (χ3n) is 2.90. The zero-order chi connectivity index (χ0) is 13.8. The summed E-state index contributed by atoms with van der Waals surface area (Å²) >= 11 is 6.40. The predicted octanol–water partition coefficient (Wildman–Crippen LogP) is 5.06. The van der Waals surface area contributed by atoms with Gasteiger partial charge in [0, 0.05) is 5.38 Å². The Morgan fingerprint density at radius 3 is 2.44 bits per heavy atom. The van der Waals surface area contributed by atoms with Gasteiger partial charge in [0.05, 0.1) is 6.10 Å². The number of hydrogen-bond donors (Lipinski definition) is 0. The summed E-state index contributed by atoms with van der Waals surface area (Å²) in [5, 5.41) is 0.201. The molecule has 0 aliphatic carbocycles. The van der Waals surface area contributed by atoms with E-state index in [1.54, 1.807) is 0 Å². The van der Waals surface area contributed by atoms with E-state index in [-0.39, 0.29) is 16.9 Å². The second kappa shape index (κ2) is 6.47. The third-order valence-corrected chi connectivity index (χ3v) is 3.77. The zero-order valence-corrected chi connectivity index (χ0v) is 12.9. The largest absolute Gasteiger partial charge is 0.491 e. The Hall–Kier alpha value is -0.690. The first-order chi connectivity index (χ1) is 8.29. The molecule has 0 radical (unpaired) electrons. The van der Waals surface area contributed by atoms with Crippen molar-refractivity contribution < 1.29 is 4.74 Å². The molecule has 0 spiro atoms. The van der Waals surface area contributed by atoms with E-state index in [9.17, 15) is 0 Å². The molecule has 1 rings (SSSR count). The maximum atomic E-state index is 6.40. The van der Waals surface area contributed by atoms with E-state index in [4.69, 9.17) is 16.3 Å². The van der Waals surface area contributed by atoms with Gasteiger partial charge in [-0.15, -0.1) is 11.6 Å². The molecule has 1 nitrogen and oxygen atoms in total. The van der Waals surface area contributed by atoms with Gasteiger partial charge in [-0.05, 0) is 49.8 Å². The van der Waals surface area contributed by atoms with Crippen LogP contribution in [0.1, 0.15) is 46.6 Å². The minimum atomic E-state index is 0.160. The minimum Gasteiger partial charge on any atom is -0.491 e. The number of rotatable bonds is 5. The lowest BCUT2D eigenvalue weighted by molar-refractivity contribution is 0.242. The zero-order valence-electron chi connectivity index (χ0n) is 12.2. The lowest BCUT2D eigenvalue weighted by Gasteiger charge is -2.25. The van der Waals surface area contributed by atoms with Crippen LogP contribution in [0.3, 0.4) is 0 Å². The first-order valence-corrected chi connectivity index (χ1v) is 7.12. The topological polar surface area (TPSA) is 9.23 Å². The standard InChI is InChI=1S/C16H25ClO/c1-12(2)18-14-8-6-7-13(11-14)9-10-15(17)16(3,4)5/h6-8,11-12,15H,9-10H2,1-5H3. The number of alkyl halides is 1. The second-order valence-corrected chi connectivity index (χ2v) is 6.71. The molecule has 0 saturated heterocycles. The summed E-state index contributed by atoms with van der Waals surface area (Å²) in [5.41, 5.74) is 1.45. The molecule has 1 unspecified atom stereocenters. The van der Waals surface area contributed by atoms with E-state index < -0.39 is 0 Å². The maximum Gasteiger partial charge on any atom is 0.119 e. The van der Waals surface area contributed by atoms with Gasteiger partial charge in [-0.2, -0.15) is 0 Å². The maximum absolute atomic E-state index is 6.40. The fourth-order valence-corrected chi connectivity index (χ4v) is 1.88. The van der Waals surface area contributed by atoms with Crippen LogP contribution in [0.2, 0.25) is 0 Å². The molecule has 0 N–H and O–H groups in total. The molecular weight excluding hydrogens is 244 g/mol. The van der Waals surface area contributed by atoms with Crippen LogP contribution in [0.25, 0.3) is 0 Å². The monoisotopic (exact) mass is 268 g/mol. The highest BCUT2D eigenvalue weighted by atomic mass is 35.5. The molecule has 0 fully saturated rings. The number of benzene rings is 1. The molecule has 0 heterocycles. The highest BCUT2D eigenvalue weighted by Crippen LogP contribution is 2.28. The Kier molecular flexibility index (Phi) is 5.52. The summed E-state index contributed by atoms with van der Waals surface area (Å²) in [6.07, 6.45) is 2.22. The molecule has 1 aromatic carbocycles.